The number of nitrogens with zero attached hydrogens (tertiary/aromatic N) is 2. The smallest absolute Gasteiger partial charge is 0.194 e. The van der Waals surface area contributed by atoms with E-state index in [4.69, 9.17) is 0 Å². The minimum absolute atomic E-state index is 0.661. The lowest BCUT2D eigenvalue weighted by molar-refractivity contribution is 0.428. The standard InChI is InChI=1S/C11H20N4/c1-2-9(12-5-1)8-14-11-13-6-7-15(11)10-3-4-10/h9-10,12H,1-8H2,(H,13,14). The zero-order valence-corrected chi connectivity index (χ0v) is 9.21. The van der Waals surface area contributed by atoms with Crippen LogP contribution in [0.5, 0.6) is 0 Å². The molecular weight excluding hydrogens is 188 g/mol. The molecule has 0 aromatic carbocycles. The van der Waals surface area contributed by atoms with Gasteiger partial charge < -0.3 is 15.5 Å². The van der Waals surface area contributed by atoms with Gasteiger partial charge in [-0.25, -0.2) is 0 Å². The number of rotatable bonds is 3. The first-order valence-corrected chi connectivity index (χ1v) is 6.22. The summed E-state index contributed by atoms with van der Waals surface area (Å²) in [5, 5.41) is 7.01. The lowest BCUT2D eigenvalue weighted by Gasteiger charge is -2.22. The average molecular weight is 208 g/mol. The zero-order chi connectivity index (χ0) is 10.1. The van der Waals surface area contributed by atoms with Gasteiger partial charge in [0.2, 0.25) is 0 Å². The summed E-state index contributed by atoms with van der Waals surface area (Å²) in [6.45, 7) is 4.34. The molecule has 84 valence electrons. The molecule has 3 rings (SSSR count). The van der Waals surface area contributed by atoms with Crippen LogP contribution in [0.1, 0.15) is 25.7 Å². The highest BCUT2D eigenvalue weighted by Crippen LogP contribution is 2.27. The summed E-state index contributed by atoms with van der Waals surface area (Å²) in [7, 11) is 0. The molecule has 0 aromatic rings. The van der Waals surface area contributed by atoms with Crippen molar-refractivity contribution in [3.05, 3.63) is 0 Å². The summed E-state index contributed by atoms with van der Waals surface area (Å²) < 4.78 is 0. The van der Waals surface area contributed by atoms with E-state index in [1.54, 1.807) is 0 Å². The van der Waals surface area contributed by atoms with Crippen molar-refractivity contribution in [1.82, 2.24) is 15.5 Å². The van der Waals surface area contributed by atoms with Crippen LogP contribution in [0.15, 0.2) is 4.99 Å². The number of hydrogen-bond acceptors (Lipinski definition) is 4. The van der Waals surface area contributed by atoms with E-state index in [9.17, 15) is 0 Å². The average Bonchev–Trinajstić information content (AvgIpc) is 2.81. The fourth-order valence-corrected chi connectivity index (χ4v) is 2.50. The minimum atomic E-state index is 0.661. The van der Waals surface area contributed by atoms with Gasteiger partial charge in [0.25, 0.3) is 0 Å². The van der Waals surface area contributed by atoms with Gasteiger partial charge >= 0.3 is 0 Å². The Kier molecular flexibility index (Phi) is 2.52. The number of nitrogens with one attached hydrogen (secondary N) is 2. The molecule has 1 atom stereocenters. The van der Waals surface area contributed by atoms with E-state index in [-0.39, 0.29) is 0 Å². The second kappa shape index (κ2) is 4.00. The molecule has 0 radical (unpaired) electrons. The van der Waals surface area contributed by atoms with Gasteiger partial charge in [-0.05, 0) is 32.2 Å². The lowest BCUT2D eigenvalue weighted by atomic mass is 10.2. The van der Waals surface area contributed by atoms with E-state index in [1.165, 1.54) is 32.2 Å². The summed E-state index contributed by atoms with van der Waals surface area (Å²) in [5.41, 5.74) is 0. The maximum atomic E-state index is 4.54. The third-order valence-corrected chi connectivity index (χ3v) is 3.53. The van der Waals surface area contributed by atoms with Gasteiger partial charge in [-0.1, -0.05) is 0 Å². The monoisotopic (exact) mass is 208 g/mol. The van der Waals surface area contributed by atoms with Crippen molar-refractivity contribution in [2.24, 2.45) is 4.99 Å². The van der Waals surface area contributed by atoms with Crippen molar-refractivity contribution in [3.8, 4) is 0 Å². The molecule has 2 heterocycles. The Labute approximate surface area is 91.1 Å². The first-order valence-electron chi connectivity index (χ1n) is 6.22. The molecule has 4 nitrogen and oxygen atoms in total. The highest BCUT2D eigenvalue weighted by Gasteiger charge is 2.33. The third-order valence-electron chi connectivity index (χ3n) is 3.53. The van der Waals surface area contributed by atoms with Gasteiger partial charge in [-0.2, -0.15) is 0 Å². The largest absolute Gasteiger partial charge is 0.355 e. The van der Waals surface area contributed by atoms with Crippen molar-refractivity contribution < 1.29 is 0 Å². The van der Waals surface area contributed by atoms with Crippen LogP contribution in [0.4, 0.5) is 0 Å². The predicted molar refractivity (Wildman–Crippen MR) is 61.1 cm³/mol. The zero-order valence-electron chi connectivity index (χ0n) is 9.21. The molecule has 15 heavy (non-hydrogen) atoms. The van der Waals surface area contributed by atoms with Crippen LogP contribution in [-0.4, -0.2) is 49.1 Å². The summed E-state index contributed by atoms with van der Waals surface area (Å²) in [6.07, 6.45) is 5.36. The van der Waals surface area contributed by atoms with E-state index >= 15 is 0 Å². The van der Waals surface area contributed by atoms with Crippen LogP contribution in [0, 0.1) is 0 Å². The number of guanidine groups is 1. The molecule has 3 aliphatic rings. The van der Waals surface area contributed by atoms with Crippen molar-refractivity contribution >= 4 is 5.96 Å². The van der Waals surface area contributed by atoms with Crippen LogP contribution < -0.4 is 10.6 Å². The molecule has 1 saturated carbocycles. The Bertz CT molecular complexity index is 253. The lowest BCUT2D eigenvalue weighted by Crippen LogP contribution is -2.44. The minimum Gasteiger partial charge on any atom is -0.355 e. The highest BCUT2D eigenvalue weighted by molar-refractivity contribution is 5.82. The third kappa shape index (κ3) is 2.09. The maximum absolute atomic E-state index is 4.54. The maximum Gasteiger partial charge on any atom is 0.194 e. The van der Waals surface area contributed by atoms with Gasteiger partial charge in [0.05, 0.1) is 6.54 Å². The van der Waals surface area contributed by atoms with Crippen LogP contribution in [-0.2, 0) is 0 Å². The number of aliphatic imine (C=N–C) groups is 1. The van der Waals surface area contributed by atoms with Crippen LogP contribution >= 0.6 is 0 Å². The topological polar surface area (TPSA) is 39.7 Å². The van der Waals surface area contributed by atoms with Crippen molar-refractivity contribution in [2.75, 3.05) is 26.2 Å². The fraction of sp³-hybridized carbons (Fsp3) is 0.909. The SMILES string of the molecule is C1CNC(CNC2=NCCN2C2CC2)C1. The van der Waals surface area contributed by atoms with Crippen LogP contribution in [0.3, 0.4) is 0 Å². The van der Waals surface area contributed by atoms with Gasteiger partial charge in [-0.3, -0.25) is 4.99 Å². The van der Waals surface area contributed by atoms with Crippen molar-refractivity contribution in [2.45, 2.75) is 37.8 Å². The molecule has 0 aromatic heterocycles. The summed E-state index contributed by atoms with van der Waals surface area (Å²) in [5.74, 6) is 1.16. The highest BCUT2D eigenvalue weighted by atomic mass is 15.4. The summed E-state index contributed by atoms with van der Waals surface area (Å²) in [4.78, 5) is 7.00. The molecular formula is C11H20N4. The summed E-state index contributed by atoms with van der Waals surface area (Å²) >= 11 is 0. The molecule has 0 spiro atoms. The van der Waals surface area contributed by atoms with E-state index in [0.29, 0.717) is 6.04 Å². The van der Waals surface area contributed by atoms with Gasteiger partial charge in [-0.15, -0.1) is 0 Å². The first-order chi connectivity index (χ1) is 7.43. The Balaban J connectivity index is 1.48. The molecule has 4 heteroatoms. The molecule has 1 saturated heterocycles. The molecule has 0 amide bonds. The van der Waals surface area contributed by atoms with Crippen molar-refractivity contribution in [3.63, 3.8) is 0 Å². The van der Waals surface area contributed by atoms with Gasteiger partial charge in [0.15, 0.2) is 5.96 Å². The van der Waals surface area contributed by atoms with E-state index in [0.717, 1.165) is 31.6 Å². The molecule has 1 unspecified atom stereocenters. The molecule has 2 fully saturated rings. The second-order valence-corrected chi connectivity index (χ2v) is 4.80. The normalized spacial score (nSPS) is 30.8. The molecule has 1 aliphatic carbocycles. The Morgan fingerprint density at radius 3 is 3.07 bits per heavy atom. The fourth-order valence-electron chi connectivity index (χ4n) is 2.50. The first kappa shape index (κ1) is 9.46. The Morgan fingerprint density at radius 2 is 2.33 bits per heavy atom. The molecule has 2 N–H and O–H groups in total. The molecule has 0 bridgehead atoms. The van der Waals surface area contributed by atoms with E-state index < -0.39 is 0 Å². The second-order valence-electron chi connectivity index (χ2n) is 4.80. The van der Waals surface area contributed by atoms with E-state index in [1.807, 2.05) is 0 Å². The van der Waals surface area contributed by atoms with Crippen molar-refractivity contribution in [1.29, 1.82) is 0 Å². The Morgan fingerprint density at radius 1 is 1.40 bits per heavy atom. The van der Waals surface area contributed by atoms with Crippen LogP contribution in [0.25, 0.3) is 0 Å². The molecule has 2 aliphatic heterocycles. The predicted octanol–water partition coefficient (Wildman–Crippen LogP) is 0.162. The van der Waals surface area contributed by atoms with Gasteiger partial charge in [0, 0.05) is 25.2 Å². The van der Waals surface area contributed by atoms with E-state index in [2.05, 4.69) is 20.5 Å². The van der Waals surface area contributed by atoms with Gasteiger partial charge in [0.1, 0.15) is 0 Å². The quantitative estimate of drug-likeness (QED) is 0.694. The Hall–Kier alpha value is -0.770. The number of hydrogen-bond donors (Lipinski definition) is 2. The van der Waals surface area contributed by atoms with Crippen LogP contribution in [0.2, 0.25) is 0 Å². The summed E-state index contributed by atoms with van der Waals surface area (Å²) in [6, 6.07) is 1.46.